The van der Waals surface area contributed by atoms with E-state index in [4.69, 9.17) is 0 Å². The molecule has 2 rings (SSSR count). The zero-order valence-corrected chi connectivity index (χ0v) is 11.3. The Bertz CT molecular complexity index is 567. The van der Waals surface area contributed by atoms with E-state index in [2.05, 4.69) is 9.93 Å². The topological polar surface area (TPSA) is 75.6 Å². The SMILES string of the molecule is O=C1CCC(=NNS(=O)(=O)Cc2ccccc2)CC1. The Morgan fingerprint density at radius 3 is 2.32 bits per heavy atom. The molecular weight excluding hydrogens is 264 g/mol. The largest absolute Gasteiger partial charge is 0.300 e. The van der Waals surface area contributed by atoms with E-state index in [0.29, 0.717) is 31.2 Å². The van der Waals surface area contributed by atoms with Gasteiger partial charge in [-0.2, -0.15) is 5.10 Å². The maximum atomic E-state index is 11.8. The predicted molar refractivity (Wildman–Crippen MR) is 73.1 cm³/mol. The lowest BCUT2D eigenvalue weighted by atomic mass is 9.98. The number of hydrogen-bond acceptors (Lipinski definition) is 4. The van der Waals surface area contributed by atoms with Crippen LogP contribution in [-0.4, -0.2) is 19.9 Å². The zero-order chi connectivity index (χ0) is 13.7. The van der Waals surface area contributed by atoms with Crippen LogP contribution in [0.15, 0.2) is 35.4 Å². The van der Waals surface area contributed by atoms with E-state index in [0.717, 1.165) is 5.71 Å². The molecule has 1 N–H and O–H groups in total. The molecule has 0 amide bonds. The van der Waals surface area contributed by atoms with Crippen molar-refractivity contribution in [2.24, 2.45) is 5.10 Å². The molecule has 19 heavy (non-hydrogen) atoms. The van der Waals surface area contributed by atoms with Gasteiger partial charge in [-0.1, -0.05) is 30.3 Å². The molecule has 0 spiro atoms. The molecule has 0 aromatic heterocycles. The third kappa shape index (κ3) is 4.48. The van der Waals surface area contributed by atoms with Crippen LogP contribution >= 0.6 is 0 Å². The van der Waals surface area contributed by atoms with Crippen LogP contribution in [0.5, 0.6) is 0 Å². The van der Waals surface area contributed by atoms with Gasteiger partial charge in [-0.15, -0.1) is 0 Å². The summed E-state index contributed by atoms with van der Waals surface area (Å²) in [4.78, 5) is 13.3. The molecule has 1 fully saturated rings. The highest BCUT2D eigenvalue weighted by molar-refractivity contribution is 7.88. The van der Waals surface area contributed by atoms with E-state index < -0.39 is 10.0 Å². The molecule has 102 valence electrons. The zero-order valence-electron chi connectivity index (χ0n) is 10.5. The number of hydrazone groups is 1. The van der Waals surface area contributed by atoms with Crippen molar-refractivity contribution in [1.82, 2.24) is 4.83 Å². The van der Waals surface area contributed by atoms with E-state index in [9.17, 15) is 13.2 Å². The number of hydrogen-bond donors (Lipinski definition) is 1. The summed E-state index contributed by atoms with van der Waals surface area (Å²) >= 11 is 0. The summed E-state index contributed by atoms with van der Waals surface area (Å²) in [6.07, 6.45) is 2.01. The molecule has 1 aromatic carbocycles. The fourth-order valence-corrected chi connectivity index (χ4v) is 2.85. The first-order valence-corrected chi connectivity index (χ1v) is 7.81. The Hall–Kier alpha value is -1.69. The molecule has 1 aromatic rings. The third-order valence-electron chi connectivity index (χ3n) is 2.93. The highest BCUT2D eigenvalue weighted by Gasteiger charge is 2.15. The van der Waals surface area contributed by atoms with Crippen molar-refractivity contribution >= 4 is 21.5 Å². The van der Waals surface area contributed by atoms with Gasteiger partial charge in [0.05, 0.1) is 5.75 Å². The molecule has 0 atom stereocenters. The Kier molecular flexibility index (Phi) is 4.31. The number of carbonyl (C=O) groups is 1. The van der Waals surface area contributed by atoms with Crippen LogP contribution in [0.3, 0.4) is 0 Å². The first-order valence-electron chi connectivity index (χ1n) is 6.16. The van der Waals surface area contributed by atoms with Crippen LogP contribution < -0.4 is 4.83 Å². The Labute approximate surface area is 112 Å². The average molecular weight is 280 g/mol. The average Bonchev–Trinajstić information content (AvgIpc) is 2.39. The number of carbonyl (C=O) groups excluding carboxylic acids is 1. The van der Waals surface area contributed by atoms with Gasteiger partial charge in [0.2, 0.25) is 0 Å². The minimum absolute atomic E-state index is 0.0937. The lowest BCUT2D eigenvalue weighted by molar-refractivity contribution is -0.119. The molecule has 5 nitrogen and oxygen atoms in total. The van der Waals surface area contributed by atoms with Crippen molar-refractivity contribution in [2.45, 2.75) is 31.4 Å². The Balaban J connectivity index is 1.94. The van der Waals surface area contributed by atoms with Crippen molar-refractivity contribution in [3.8, 4) is 0 Å². The van der Waals surface area contributed by atoms with Gasteiger partial charge in [0.15, 0.2) is 0 Å². The number of ketones is 1. The van der Waals surface area contributed by atoms with Gasteiger partial charge in [-0.3, -0.25) is 4.79 Å². The van der Waals surface area contributed by atoms with E-state index in [1.54, 1.807) is 24.3 Å². The van der Waals surface area contributed by atoms with E-state index in [-0.39, 0.29) is 11.5 Å². The summed E-state index contributed by atoms with van der Waals surface area (Å²) in [5.41, 5.74) is 1.46. The lowest BCUT2D eigenvalue weighted by Gasteiger charge is -2.12. The fourth-order valence-electron chi connectivity index (χ4n) is 1.89. The smallest absolute Gasteiger partial charge is 0.251 e. The number of Topliss-reactive ketones (excluding diaryl/α,β-unsaturated/α-hetero) is 1. The molecular formula is C13H16N2O3S. The third-order valence-corrected chi connectivity index (χ3v) is 4.01. The number of benzene rings is 1. The molecule has 1 saturated carbocycles. The molecule has 0 bridgehead atoms. The number of rotatable bonds is 4. The summed E-state index contributed by atoms with van der Waals surface area (Å²) < 4.78 is 23.6. The van der Waals surface area contributed by atoms with Gasteiger partial charge < -0.3 is 0 Å². The van der Waals surface area contributed by atoms with Crippen LogP contribution in [0.25, 0.3) is 0 Å². The lowest BCUT2D eigenvalue weighted by Crippen LogP contribution is -2.23. The quantitative estimate of drug-likeness (QED) is 0.851. The van der Waals surface area contributed by atoms with E-state index >= 15 is 0 Å². The standard InChI is InChI=1S/C13H16N2O3S/c16-13-8-6-12(7-9-13)14-15-19(17,18)10-11-4-2-1-3-5-11/h1-5,15H,6-10H2. The second kappa shape index (κ2) is 5.97. The Morgan fingerprint density at radius 2 is 1.68 bits per heavy atom. The first kappa shape index (κ1) is 13.7. The highest BCUT2D eigenvalue weighted by atomic mass is 32.2. The molecule has 0 aliphatic heterocycles. The van der Waals surface area contributed by atoms with Crippen molar-refractivity contribution in [3.63, 3.8) is 0 Å². The molecule has 1 aliphatic rings. The molecule has 0 heterocycles. The van der Waals surface area contributed by atoms with Gasteiger partial charge in [0, 0.05) is 18.6 Å². The van der Waals surface area contributed by atoms with Gasteiger partial charge in [-0.25, -0.2) is 13.2 Å². The molecule has 1 aliphatic carbocycles. The maximum Gasteiger partial charge on any atom is 0.251 e. The minimum Gasteiger partial charge on any atom is -0.300 e. The summed E-state index contributed by atoms with van der Waals surface area (Å²) in [7, 11) is -3.47. The summed E-state index contributed by atoms with van der Waals surface area (Å²) in [6, 6.07) is 8.94. The van der Waals surface area contributed by atoms with E-state index in [1.807, 2.05) is 6.07 Å². The van der Waals surface area contributed by atoms with Gasteiger partial charge in [0.25, 0.3) is 10.0 Å². The normalized spacial score (nSPS) is 16.2. The highest BCUT2D eigenvalue weighted by Crippen LogP contribution is 2.12. The van der Waals surface area contributed by atoms with Crippen molar-refractivity contribution in [1.29, 1.82) is 0 Å². The number of sulfonamides is 1. The summed E-state index contributed by atoms with van der Waals surface area (Å²) in [5, 5.41) is 3.91. The molecule has 6 heteroatoms. The van der Waals surface area contributed by atoms with Crippen molar-refractivity contribution in [3.05, 3.63) is 35.9 Å². The second-order valence-electron chi connectivity index (χ2n) is 4.55. The summed E-state index contributed by atoms with van der Waals surface area (Å²) in [5.74, 6) is 0.120. The fraction of sp³-hybridized carbons (Fsp3) is 0.385. The first-order chi connectivity index (χ1) is 9.05. The molecule has 0 radical (unpaired) electrons. The summed E-state index contributed by atoms with van der Waals surface area (Å²) in [6.45, 7) is 0. The second-order valence-corrected chi connectivity index (χ2v) is 6.25. The van der Waals surface area contributed by atoms with Gasteiger partial charge >= 0.3 is 0 Å². The van der Waals surface area contributed by atoms with Crippen LogP contribution in [0.4, 0.5) is 0 Å². The monoisotopic (exact) mass is 280 g/mol. The van der Waals surface area contributed by atoms with Crippen LogP contribution in [-0.2, 0) is 20.6 Å². The van der Waals surface area contributed by atoms with Gasteiger partial charge in [-0.05, 0) is 18.4 Å². The van der Waals surface area contributed by atoms with E-state index in [1.165, 1.54) is 0 Å². The maximum absolute atomic E-state index is 11.8. The minimum atomic E-state index is -3.47. The molecule has 0 saturated heterocycles. The molecule has 0 unspecified atom stereocenters. The Morgan fingerprint density at radius 1 is 1.05 bits per heavy atom. The van der Waals surface area contributed by atoms with Crippen LogP contribution in [0, 0.1) is 0 Å². The van der Waals surface area contributed by atoms with Crippen LogP contribution in [0.1, 0.15) is 31.2 Å². The van der Waals surface area contributed by atoms with Crippen molar-refractivity contribution < 1.29 is 13.2 Å². The van der Waals surface area contributed by atoms with Crippen molar-refractivity contribution in [2.75, 3.05) is 0 Å². The van der Waals surface area contributed by atoms with Gasteiger partial charge in [0.1, 0.15) is 5.78 Å². The van der Waals surface area contributed by atoms with Crippen LogP contribution in [0.2, 0.25) is 0 Å². The predicted octanol–water partition coefficient (Wildman–Crippen LogP) is 1.61. The number of nitrogens with zero attached hydrogens (tertiary/aromatic N) is 1. The number of nitrogens with one attached hydrogen (secondary N) is 1.